The number of likely N-dealkylation sites (N-methyl/N-ethyl adjacent to an activating group) is 1. The highest BCUT2D eigenvalue weighted by Crippen LogP contribution is 2.26. The van der Waals surface area contributed by atoms with Crippen molar-refractivity contribution in [3.8, 4) is 17.0 Å². The van der Waals surface area contributed by atoms with Gasteiger partial charge in [0.25, 0.3) is 0 Å². The second-order valence-corrected chi connectivity index (χ2v) is 7.70. The maximum absolute atomic E-state index is 12.5. The van der Waals surface area contributed by atoms with Gasteiger partial charge in [-0.3, -0.25) is 9.69 Å². The van der Waals surface area contributed by atoms with Crippen molar-refractivity contribution in [2.24, 2.45) is 0 Å². The van der Waals surface area contributed by atoms with Crippen LogP contribution in [0.5, 0.6) is 5.75 Å². The van der Waals surface area contributed by atoms with Crippen molar-refractivity contribution < 1.29 is 14.6 Å². The molecule has 0 aliphatic heterocycles. The number of hydrogen-bond donors (Lipinski definition) is 2. The summed E-state index contributed by atoms with van der Waals surface area (Å²) in [6.07, 6.45) is 0. The van der Waals surface area contributed by atoms with Crippen LogP contribution in [-0.4, -0.2) is 48.2 Å². The minimum absolute atomic E-state index is 0.0923. The molecule has 1 aromatic heterocycles. The van der Waals surface area contributed by atoms with E-state index in [1.165, 1.54) is 16.9 Å². The zero-order valence-electron chi connectivity index (χ0n) is 16.8. The molecule has 0 bridgehead atoms. The molecule has 29 heavy (non-hydrogen) atoms. The van der Waals surface area contributed by atoms with Crippen LogP contribution in [0, 0.1) is 6.92 Å². The standard InChI is InChI=1S/C22H25N3O3S/c1-15-4-6-16(7-5-15)19-14-29-22(23-19)24-21(27)12-25(2)20(13-26)17-8-10-18(28-3)11-9-17/h4-11,14,20,26H,12-13H2,1-3H3,(H,23,24,27). The predicted molar refractivity (Wildman–Crippen MR) is 116 cm³/mol. The van der Waals surface area contributed by atoms with Crippen molar-refractivity contribution in [3.63, 3.8) is 0 Å². The average molecular weight is 412 g/mol. The zero-order chi connectivity index (χ0) is 20.8. The van der Waals surface area contributed by atoms with Gasteiger partial charge in [0.2, 0.25) is 5.91 Å². The van der Waals surface area contributed by atoms with E-state index in [2.05, 4.69) is 10.3 Å². The van der Waals surface area contributed by atoms with Crippen LogP contribution in [0.15, 0.2) is 53.9 Å². The number of thiazole rings is 1. The SMILES string of the molecule is COc1ccc(C(CO)N(C)CC(=O)Nc2nc(-c3ccc(C)cc3)cs2)cc1. The molecule has 3 rings (SSSR count). The lowest BCUT2D eigenvalue weighted by Gasteiger charge is -2.26. The van der Waals surface area contributed by atoms with Gasteiger partial charge in [-0.1, -0.05) is 42.0 Å². The number of aryl methyl sites for hydroxylation is 1. The van der Waals surface area contributed by atoms with Crippen molar-refractivity contribution in [3.05, 3.63) is 65.0 Å². The maximum atomic E-state index is 12.5. The molecule has 1 unspecified atom stereocenters. The number of aromatic nitrogens is 1. The monoisotopic (exact) mass is 411 g/mol. The van der Waals surface area contributed by atoms with Crippen molar-refractivity contribution in [1.29, 1.82) is 0 Å². The molecule has 6 nitrogen and oxygen atoms in total. The number of methoxy groups -OCH3 is 1. The fourth-order valence-corrected chi connectivity index (χ4v) is 3.74. The molecule has 2 aromatic carbocycles. The Morgan fingerprint density at radius 3 is 2.52 bits per heavy atom. The quantitative estimate of drug-likeness (QED) is 0.591. The number of benzene rings is 2. The van der Waals surface area contributed by atoms with Gasteiger partial charge in [-0.05, 0) is 31.7 Å². The van der Waals surface area contributed by atoms with Gasteiger partial charge in [0.05, 0.1) is 32.0 Å². The number of carbonyl (C=O) groups excluding carboxylic acids is 1. The van der Waals surface area contributed by atoms with Gasteiger partial charge in [-0.25, -0.2) is 4.98 Å². The Morgan fingerprint density at radius 2 is 1.90 bits per heavy atom. The first-order chi connectivity index (χ1) is 14.0. The van der Waals surface area contributed by atoms with Gasteiger partial charge in [-0.15, -0.1) is 11.3 Å². The Kier molecular flexibility index (Phi) is 6.98. The summed E-state index contributed by atoms with van der Waals surface area (Å²) in [6.45, 7) is 2.08. The van der Waals surface area contributed by atoms with Crippen molar-refractivity contribution in [2.45, 2.75) is 13.0 Å². The summed E-state index contributed by atoms with van der Waals surface area (Å²) >= 11 is 1.39. The van der Waals surface area contributed by atoms with E-state index in [9.17, 15) is 9.90 Å². The zero-order valence-corrected chi connectivity index (χ0v) is 17.6. The molecule has 1 heterocycles. The Balaban J connectivity index is 1.61. The lowest BCUT2D eigenvalue weighted by Crippen LogP contribution is -2.34. The van der Waals surface area contributed by atoms with Crippen LogP contribution in [0.1, 0.15) is 17.2 Å². The molecule has 3 aromatic rings. The van der Waals surface area contributed by atoms with Gasteiger partial charge < -0.3 is 15.2 Å². The number of nitrogens with zero attached hydrogens (tertiary/aromatic N) is 2. The number of nitrogens with one attached hydrogen (secondary N) is 1. The van der Waals surface area contributed by atoms with Gasteiger partial charge in [-0.2, -0.15) is 0 Å². The fourth-order valence-electron chi connectivity index (χ4n) is 3.01. The number of amides is 1. The second kappa shape index (κ2) is 9.65. The van der Waals surface area contributed by atoms with Gasteiger partial charge in [0, 0.05) is 10.9 Å². The van der Waals surface area contributed by atoms with E-state index in [4.69, 9.17) is 4.74 Å². The molecule has 0 aliphatic carbocycles. The van der Waals surface area contributed by atoms with Crippen LogP contribution in [0.4, 0.5) is 5.13 Å². The largest absolute Gasteiger partial charge is 0.497 e. The Hall–Kier alpha value is -2.74. The summed E-state index contributed by atoms with van der Waals surface area (Å²) in [5.41, 5.74) is 3.96. The topological polar surface area (TPSA) is 74.7 Å². The highest BCUT2D eigenvalue weighted by molar-refractivity contribution is 7.14. The molecule has 2 N–H and O–H groups in total. The lowest BCUT2D eigenvalue weighted by molar-refractivity contribution is -0.117. The molecule has 0 saturated heterocycles. The van der Waals surface area contributed by atoms with Crippen LogP contribution in [0.2, 0.25) is 0 Å². The smallest absolute Gasteiger partial charge is 0.240 e. The maximum Gasteiger partial charge on any atom is 0.240 e. The van der Waals surface area contributed by atoms with Crippen LogP contribution in [0.3, 0.4) is 0 Å². The number of anilines is 1. The van der Waals surface area contributed by atoms with E-state index in [1.54, 1.807) is 7.11 Å². The van der Waals surface area contributed by atoms with E-state index in [0.29, 0.717) is 5.13 Å². The average Bonchev–Trinajstić information content (AvgIpc) is 3.17. The first kappa shape index (κ1) is 21.0. The Morgan fingerprint density at radius 1 is 1.21 bits per heavy atom. The molecule has 0 spiro atoms. The summed E-state index contributed by atoms with van der Waals surface area (Å²) in [7, 11) is 3.42. The van der Waals surface area contributed by atoms with E-state index in [1.807, 2.05) is 72.8 Å². The lowest BCUT2D eigenvalue weighted by atomic mass is 10.1. The highest BCUT2D eigenvalue weighted by Gasteiger charge is 2.19. The number of aliphatic hydroxyl groups excluding tert-OH is 1. The predicted octanol–water partition coefficient (Wildman–Crippen LogP) is 3.73. The van der Waals surface area contributed by atoms with Crippen LogP contribution in [0.25, 0.3) is 11.3 Å². The Bertz CT molecular complexity index is 939. The van der Waals surface area contributed by atoms with Crippen LogP contribution >= 0.6 is 11.3 Å². The van der Waals surface area contributed by atoms with E-state index in [-0.39, 0.29) is 25.1 Å². The summed E-state index contributed by atoms with van der Waals surface area (Å²) < 4.78 is 5.17. The minimum atomic E-state index is -0.286. The first-order valence-electron chi connectivity index (χ1n) is 9.27. The van der Waals surface area contributed by atoms with Crippen molar-refractivity contribution in [2.75, 3.05) is 32.6 Å². The highest BCUT2D eigenvalue weighted by atomic mass is 32.1. The van der Waals surface area contributed by atoms with Gasteiger partial charge >= 0.3 is 0 Å². The molecule has 7 heteroatoms. The van der Waals surface area contributed by atoms with Crippen LogP contribution < -0.4 is 10.1 Å². The molecule has 1 atom stereocenters. The summed E-state index contributed by atoms with van der Waals surface area (Å²) in [4.78, 5) is 18.8. The molecule has 0 aliphatic rings. The summed E-state index contributed by atoms with van der Waals surface area (Å²) in [5.74, 6) is 0.572. The van der Waals surface area contributed by atoms with Gasteiger partial charge in [0.1, 0.15) is 5.75 Å². The van der Waals surface area contributed by atoms with E-state index in [0.717, 1.165) is 22.6 Å². The molecular formula is C22H25N3O3S. The summed E-state index contributed by atoms with van der Waals surface area (Å²) in [5, 5.41) is 15.1. The third-order valence-electron chi connectivity index (χ3n) is 4.70. The number of carbonyl (C=O) groups is 1. The number of ether oxygens (including phenoxy) is 1. The minimum Gasteiger partial charge on any atom is -0.497 e. The second-order valence-electron chi connectivity index (χ2n) is 6.84. The molecule has 0 radical (unpaired) electrons. The third-order valence-corrected chi connectivity index (χ3v) is 5.45. The molecular weight excluding hydrogens is 386 g/mol. The van der Waals surface area contributed by atoms with E-state index >= 15 is 0 Å². The number of rotatable bonds is 8. The molecule has 1 amide bonds. The fraction of sp³-hybridized carbons (Fsp3) is 0.273. The summed E-state index contributed by atoms with van der Waals surface area (Å²) in [6, 6.07) is 15.3. The molecule has 152 valence electrons. The normalized spacial score (nSPS) is 12.0. The first-order valence-corrected chi connectivity index (χ1v) is 10.2. The third kappa shape index (κ3) is 5.41. The van der Waals surface area contributed by atoms with Crippen molar-refractivity contribution >= 4 is 22.4 Å². The van der Waals surface area contributed by atoms with E-state index < -0.39 is 0 Å². The molecule has 0 saturated carbocycles. The molecule has 0 fully saturated rings. The number of aliphatic hydroxyl groups is 1. The Labute approximate surface area is 174 Å². The number of hydrogen-bond acceptors (Lipinski definition) is 6. The van der Waals surface area contributed by atoms with Crippen LogP contribution in [-0.2, 0) is 4.79 Å². The van der Waals surface area contributed by atoms with Crippen molar-refractivity contribution in [1.82, 2.24) is 9.88 Å². The van der Waals surface area contributed by atoms with Gasteiger partial charge in [0.15, 0.2) is 5.13 Å².